The van der Waals surface area contributed by atoms with Crippen molar-refractivity contribution in [3.05, 3.63) is 12.7 Å². The van der Waals surface area contributed by atoms with Gasteiger partial charge in [0, 0.05) is 12.1 Å². The van der Waals surface area contributed by atoms with Gasteiger partial charge in [-0.3, -0.25) is 0 Å². The molecule has 1 aliphatic carbocycles. The van der Waals surface area contributed by atoms with Gasteiger partial charge in [-0.2, -0.15) is 0 Å². The first-order valence-electron chi connectivity index (χ1n) is 5.61. The van der Waals surface area contributed by atoms with Crippen LogP contribution in [0.3, 0.4) is 0 Å². The summed E-state index contributed by atoms with van der Waals surface area (Å²) < 4.78 is 0. The van der Waals surface area contributed by atoms with Crippen molar-refractivity contribution >= 4 is 0 Å². The van der Waals surface area contributed by atoms with Gasteiger partial charge in [0.25, 0.3) is 0 Å². The molecular formula is C12H23N. The van der Waals surface area contributed by atoms with Crippen LogP contribution in [0.5, 0.6) is 0 Å². The van der Waals surface area contributed by atoms with Crippen LogP contribution in [0, 0.1) is 5.92 Å². The third kappa shape index (κ3) is 3.51. The van der Waals surface area contributed by atoms with Crippen LogP contribution in [0.25, 0.3) is 0 Å². The van der Waals surface area contributed by atoms with Crippen LogP contribution in [-0.4, -0.2) is 12.1 Å². The third-order valence-corrected chi connectivity index (χ3v) is 3.16. The highest BCUT2D eigenvalue weighted by atomic mass is 15.0. The first kappa shape index (κ1) is 10.8. The summed E-state index contributed by atoms with van der Waals surface area (Å²) in [4.78, 5) is 0. The number of hydrogen-bond acceptors (Lipinski definition) is 1. The second-order valence-electron chi connectivity index (χ2n) is 4.45. The van der Waals surface area contributed by atoms with Crippen LogP contribution in [-0.2, 0) is 0 Å². The molecule has 0 saturated heterocycles. The van der Waals surface area contributed by atoms with E-state index in [-0.39, 0.29) is 0 Å². The Morgan fingerprint density at radius 2 is 2.31 bits per heavy atom. The lowest BCUT2D eigenvalue weighted by Crippen LogP contribution is -2.37. The minimum Gasteiger partial charge on any atom is -0.311 e. The highest BCUT2D eigenvalue weighted by Gasteiger charge is 2.23. The van der Waals surface area contributed by atoms with Gasteiger partial charge < -0.3 is 5.32 Å². The first-order chi connectivity index (χ1) is 6.24. The van der Waals surface area contributed by atoms with Gasteiger partial charge in [0.2, 0.25) is 0 Å². The summed E-state index contributed by atoms with van der Waals surface area (Å²) in [7, 11) is 0. The average Bonchev–Trinajstić information content (AvgIpc) is 2.48. The molecule has 1 N–H and O–H groups in total. The lowest BCUT2D eigenvalue weighted by Gasteiger charge is -2.22. The zero-order chi connectivity index (χ0) is 9.68. The number of allylic oxidation sites excluding steroid dienone is 1. The predicted molar refractivity (Wildman–Crippen MR) is 58.8 cm³/mol. The molecule has 0 bridgehead atoms. The Bertz CT molecular complexity index is 153. The highest BCUT2D eigenvalue weighted by molar-refractivity contribution is 4.83. The van der Waals surface area contributed by atoms with E-state index in [1.165, 1.54) is 25.7 Å². The van der Waals surface area contributed by atoms with Crippen molar-refractivity contribution < 1.29 is 0 Å². The van der Waals surface area contributed by atoms with Gasteiger partial charge in [-0.05, 0) is 38.5 Å². The van der Waals surface area contributed by atoms with Crippen molar-refractivity contribution in [1.82, 2.24) is 5.32 Å². The summed E-state index contributed by atoms with van der Waals surface area (Å²) in [6.45, 7) is 8.40. The molecule has 1 saturated carbocycles. The Morgan fingerprint density at radius 1 is 1.54 bits per heavy atom. The molecule has 1 nitrogen and oxygen atoms in total. The topological polar surface area (TPSA) is 12.0 Å². The van der Waals surface area contributed by atoms with E-state index in [1.54, 1.807) is 0 Å². The molecular weight excluding hydrogens is 158 g/mol. The molecule has 0 aliphatic heterocycles. The zero-order valence-corrected chi connectivity index (χ0v) is 9.05. The molecule has 1 fully saturated rings. The van der Waals surface area contributed by atoms with Gasteiger partial charge in [0.1, 0.15) is 0 Å². The second-order valence-corrected chi connectivity index (χ2v) is 4.45. The summed E-state index contributed by atoms with van der Waals surface area (Å²) >= 11 is 0. The molecule has 0 aromatic heterocycles. The van der Waals surface area contributed by atoms with Crippen molar-refractivity contribution in [3.63, 3.8) is 0 Å². The Hall–Kier alpha value is -0.300. The second kappa shape index (κ2) is 5.43. The molecule has 0 aromatic carbocycles. The average molecular weight is 181 g/mol. The maximum absolute atomic E-state index is 3.75. The normalized spacial score (nSPS) is 30.3. The molecule has 0 aromatic rings. The number of rotatable bonds is 5. The Kier molecular flexibility index (Phi) is 4.51. The summed E-state index contributed by atoms with van der Waals surface area (Å²) in [6, 6.07) is 1.43. The number of hydrogen-bond donors (Lipinski definition) is 1. The monoisotopic (exact) mass is 181 g/mol. The smallest absolute Gasteiger partial charge is 0.00951 e. The van der Waals surface area contributed by atoms with Crippen LogP contribution < -0.4 is 5.32 Å². The van der Waals surface area contributed by atoms with Crippen molar-refractivity contribution in [2.45, 2.75) is 58.0 Å². The minimum atomic E-state index is 0.656. The molecule has 0 amide bonds. The quantitative estimate of drug-likeness (QED) is 0.643. The lowest BCUT2D eigenvalue weighted by atomic mass is 10.0. The molecule has 1 heteroatoms. The van der Waals surface area contributed by atoms with Crippen molar-refractivity contribution in [2.24, 2.45) is 5.92 Å². The molecule has 13 heavy (non-hydrogen) atoms. The summed E-state index contributed by atoms with van der Waals surface area (Å²) in [5.41, 5.74) is 0. The van der Waals surface area contributed by atoms with Gasteiger partial charge in [-0.25, -0.2) is 0 Å². The molecule has 0 heterocycles. The zero-order valence-electron chi connectivity index (χ0n) is 9.05. The maximum atomic E-state index is 3.75. The van der Waals surface area contributed by atoms with E-state index in [1.807, 2.05) is 6.08 Å². The molecule has 0 radical (unpaired) electrons. The van der Waals surface area contributed by atoms with Gasteiger partial charge in [0.05, 0.1) is 0 Å². The van der Waals surface area contributed by atoms with E-state index in [4.69, 9.17) is 0 Å². The molecule has 3 unspecified atom stereocenters. The van der Waals surface area contributed by atoms with Crippen molar-refractivity contribution in [2.75, 3.05) is 0 Å². The summed E-state index contributed by atoms with van der Waals surface area (Å²) in [6.07, 6.45) is 8.57. The van der Waals surface area contributed by atoms with E-state index in [2.05, 4.69) is 25.7 Å². The van der Waals surface area contributed by atoms with E-state index in [9.17, 15) is 0 Å². The predicted octanol–water partition coefficient (Wildman–Crippen LogP) is 3.12. The third-order valence-electron chi connectivity index (χ3n) is 3.16. The van der Waals surface area contributed by atoms with Crippen LogP contribution in [0.1, 0.15) is 46.0 Å². The van der Waals surface area contributed by atoms with Gasteiger partial charge >= 0.3 is 0 Å². The fourth-order valence-electron chi connectivity index (χ4n) is 2.21. The lowest BCUT2D eigenvalue weighted by molar-refractivity contribution is 0.373. The standard InChI is InChI=1S/C12H23N/c1-4-5-8-11(3)13-12-9-6-7-10(12)2/h4,10-13H,1,5-9H2,2-3H3. The SMILES string of the molecule is C=CCCC(C)NC1CCCC1C. The Labute approximate surface area is 82.6 Å². The highest BCUT2D eigenvalue weighted by Crippen LogP contribution is 2.25. The van der Waals surface area contributed by atoms with E-state index < -0.39 is 0 Å². The van der Waals surface area contributed by atoms with Gasteiger partial charge in [-0.1, -0.05) is 19.4 Å². The van der Waals surface area contributed by atoms with E-state index in [0.717, 1.165) is 18.4 Å². The largest absolute Gasteiger partial charge is 0.311 e. The maximum Gasteiger partial charge on any atom is 0.00951 e. The van der Waals surface area contributed by atoms with E-state index >= 15 is 0 Å². The fourth-order valence-corrected chi connectivity index (χ4v) is 2.21. The molecule has 1 aliphatic rings. The molecule has 3 atom stereocenters. The Morgan fingerprint density at radius 3 is 2.85 bits per heavy atom. The van der Waals surface area contributed by atoms with Gasteiger partial charge in [0.15, 0.2) is 0 Å². The van der Waals surface area contributed by atoms with Crippen molar-refractivity contribution in [1.29, 1.82) is 0 Å². The number of nitrogens with one attached hydrogen (secondary N) is 1. The molecule has 1 rings (SSSR count). The molecule has 0 spiro atoms. The first-order valence-corrected chi connectivity index (χ1v) is 5.61. The van der Waals surface area contributed by atoms with Gasteiger partial charge in [-0.15, -0.1) is 6.58 Å². The minimum absolute atomic E-state index is 0.656. The van der Waals surface area contributed by atoms with Crippen LogP contribution >= 0.6 is 0 Å². The van der Waals surface area contributed by atoms with Crippen LogP contribution in [0.15, 0.2) is 12.7 Å². The summed E-state index contributed by atoms with van der Waals surface area (Å²) in [5, 5.41) is 3.72. The summed E-state index contributed by atoms with van der Waals surface area (Å²) in [5.74, 6) is 0.881. The van der Waals surface area contributed by atoms with Crippen LogP contribution in [0.2, 0.25) is 0 Å². The molecule has 76 valence electrons. The Balaban J connectivity index is 2.18. The van der Waals surface area contributed by atoms with Crippen LogP contribution in [0.4, 0.5) is 0 Å². The van der Waals surface area contributed by atoms with Crippen molar-refractivity contribution in [3.8, 4) is 0 Å². The van der Waals surface area contributed by atoms with E-state index in [0.29, 0.717) is 6.04 Å². The fraction of sp³-hybridized carbons (Fsp3) is 0.833.